The van der Waals surface area contributed by atoms with Crippen LogP contribution in [0.2, 0.25) is 0 Å². The molecule has 0 spiro atoms. The molecule has 24 heavy (non-hydrogen) atoms. The van der Waals surface area contributed by atoms with Gasteiger partial charge in [0.25, 0.3) is 0 Å². The van der Waals surface area contributed by atoms with Crippen LogP contribution in [0.1, 0.15) is 18.9 Å². The van der Waals surface area contributed by atoms with E-state index >= 15 is 0 Å². The summed E-state index contributed by atoms with van der Waals surface area (Å²) >= 11 is 0. The maximum atomic E-state index is 11.7. The molecule has 0 bridgehead atoms. The first kappa shape index (κ1) is 16.6. The van der Waals surface area contributed by atoms with Crippen LogP contribution in [0.25, 0.3) is 0 Å². The SMILES string of the molecule is CCN(c1cc(NCc2cccnc2)ncn1)C1CCS(=O)(=O)C1. The van der Waals surface area contributed by atoms with Gasteiger partial charge in [-0.25, -0.2) is 18.4 Å². The molecule has 1 atom stereocenters. The molecular weight excluding hydrogens is 326 g/mol. The Kier molecular flexibility index (Phi) is 4.94. The molecule has 1 saturated heterocycles. The highest BCUT2D eigenvalue weighted by Crippen LogP contribution is 2.23. The monoisotopic (exact) mass is 347 g/mol. The topological polar surface area (TPSA) is 88.1 Å². The van der Waals surface area contributed by atoms with Gasteiger partial charge in [0.2, 0.25) is 0 Å². The molecule has 2 aromatic rings. The zero-order valence-corrected chi connectivity index (χ0v) is 14.4. The zero-order chi connectivity index (χ0) is 17.0. The number of pyridine rings is 1. The highest BCUT2D eigenvalue weighted by atomic mass is 32.2. The van der Waals surface area contributed by atoms with Gasteiger partial charge in [0.1, 0.15) is 18.0 Å². The molecule has 2 aromatic heterocycles. The molecular formula is C16H21N5O2S. The van der Waals surface area contributed by atoms with E-state index in [1.54, 1.807) is 12.4 Å². The van der Waals surface area contributed by atoms with Gasteiger partial charge in [-0.2, -0.15) is 0 Å². The van der Waals surface area contributed by atoms with Gasteiger partial charge in [0.05, 0.1) is 11.5 Å². The number of hydrogen-bond acceptors (Lipinski definition) is 7. The average molecular weight is 347 g/mol. The van der Waals surface area contributed by atoms with Gasteiger partial charge in [0, 0.05) is 37.6 Å². The number of rotatable bonds is 6. The number of hydrogen-bond donors (Lipinski definition) is 1. The number of aromatic nitrogens is 3. The molecule has 3 heterocycles. The molecule has 1 unspecified atom stereocenters. The van der Waals surface area contributed by atoms with Gasteiger partial charge in [-0.15, -0.1) is 0 Å². The lowest BCUT2D eigenvalue weighted by molar-refractivity contribution is 0.599. The lowest BCUT2D eigenvalue weighted by Crippen LogP contribution is -2.36. The maximum Gasteiger partial charge on any atom is 0.152 e. The minimum atomic E-state index is -2.92. The Balaban J connectivity index is 1.71. The highest BCUT2D eigenvalue weighted by molar-refractivity contribution is 7.91. The molecule has 0 aliphatic carbocycles. The number of nitrogens with zero attached hydrogens (tertiary/aromatic N) is 4. The van der Waals surface area contributed by atoms with Crippen molar-refractivity contribution < 1.29 is 8.42 Å². The Hall–Kier alpha value is -2.22. The van der Waals surface area contributed by atoms with Crippen LogP contribution < -0.4 is 10.2 Å². The van der Waals surface area contributed by atoms with Crippen LogP contribution in [0, 0.1) is 0 Å². The van der Waals surface area contributed by atoms with Gasteiger partial charge in [-0.3, -0.25) is 4.98 Å². The molecule has 1 aliphatic rings. The molecule has 0 aromatic carbocycles. The molecule has 0 amide bonds. The lowest BCUT2D eigenvalue weighted by Gasteiger charge is -2.28. The molecule has 8 heteroatoms. The summed E-state index contributed by atoms with van der Waals surface area (Å²) in [7, 11) is -2.92. The van der Waals surface area contributed by atoms with E-state index in [0.29, 0.717) is 25.3 Å². The van der Waals surface area contributed by atoms with Crippen LogP contribution in [-0.2, 0) is 16.4 Å². The van der Waals surface area contributed by atoms with Crippen LogP contribution in [0.4, 0.5) is 11.6 Å². The van der Waals surface area contributed by atoms with Crippen LogP contribution in [-0.4, -0.2) is 47.5 Å². The van der Waals surface area contributed by atoms with Crippen LogP contribution >= 0.6 is 0 Å². The van der Waals surface area contributed by atoms with Crippen molar-refractivity contribution in [3.05, 3.63) is 42.5 Å². The van der Waals surface area contributed by atoms with Gasteiger partial charge in [-0.1, -0.05) is 6.07 Å². The Bertz CT molecular complexity index is 782. The summed E-state index contributed by atoms with van der Waals surface area (Å²) in [6.45, 7) is 3.34. The molecule has 1 N–H and O–H groups in total. The zero-order valence-electron chi connectivity index (χ0n) is 13.6. The molecule has 7 nitrogen and oxygen atoms in total. The molecule has 0 saturated carbocycles. The van der Waals surface area contributed by atoms with Gasteiger partial charge >= 0.3 is 0 Å². The predicted octanol–water partition coefficient (Wildman–Crippen LogP) is 1.50. The summed E-state index contributed by atoms with van der Waals surface area (Å²) < 4.78 is 23.5. The summed E-state index contributed by atoms with van der Waals surface area (Å²) in [6, 6.07) is 5.73. The number of sulfone groups is 1. The molecule has 1 aliphatic heterocycles. The Labute approximate surface area is 142 Å². The quantitative estimate of drug-likeness (QED) is 0.847. The van der Waals surface area contributed by atoms with E-state index in [4.69, 9.17) is 0 Å². The van der Waals surface area contributed by atoms with Gasteiger partial charge < -0.3 is 10.2 Å². The van der Waals surface area contributed by atoms with E-state index in [1.807, 2.05) is 30.0 Å². The van der Waals surface area contributed by atoms with Crippen molar-refractivity contribution in [1.29, 1.82) is 0 Å². The van der Waals surface area contributed by atoms with E-state index in [2.05, 4.69) is 20.3 Å². The third-order valence-electron chi connectivity index (χ3n) is 4.13. The van der Waals surface area contributed by atoms with Gasteiger partial charge in [0.15, 0.2) is 9.84 Å². The number of nitrogens with one attached hydrogen (secondary N) is 1. The summed E-state index contributed by atoms with van der Waals surface area (Å²) in [5, 5.41) is 3.25. The van der Waals surface area contributed by atoms with Crippen molar-refractivity contribution in [2.45, 2.75) is 25.9 Å². The first-order valence-electron chi connectivity index (χ1n) is 7.99. The van der Waals surface area contributed by atoms with Crippen LogP contribution in [0.5, 0.6) is 0 Å². The third kappa shape index (κ3) is 4.00. The first-order valence-corrected chi connectivity index (χ1v) is 9.81. The fourth-order valence-corrected chi connectivity index (χ4v) is 4.66. The molecule has 1 fully saturated rings. The van der Waals surface area contributed by atoms with E-state index in [1.165, 1.54) is 6.33 Å². The van der Waals surface area contributed by atoms with Crippen molar-refractivity contribution in [1.82, 2.24) is 15.0 Å². The summed E-state index contributed by atoms with van der Waals surface area (Å²) in [5.74, 6) is 1.92. The maximum absolute atomic E-state index is 11.7. The van der Waals surface area contributed by atoms with E-state index < -0.39 is 9.84 Å². The fourth-order valence-electron chi connectivity index (χ4n) is 2.92. The summed E-state index contributed by atoms with van der Waals surface area (Å²) in [5.41, 5.74) is 1.06. The van der Waals surface area contributed by atoms with Crippen molar-refractivity contribution in [3.8, 4) is 0 Å². The van der Waals surface area contributed by atoms with Crippen molar-refractivity contribution in [2.75, 3.05) is 28.3 Å². The second-order valence-electron chi connectivity index (χ2n) is 5.82. The average Bonchev–Trinajstić information content (AvgIpc) is 2.95. The Morgan fingerprint density at radius 2 is 2.25 bits per heavy atom. The normalized spacial score (nSPS) is 19.1. The standard InChI is InChI=1S/C16H21N5O2S/c1-2-21(14-5-7-24(22,23)11-14)16-8-15(19-12-20-16)18-10-13-4-3-6-17-9-13/h3-4,6,8-9,12,14H,2,5,7,10-11H2,1H3,(H,18,19,20). The molecule has 3 rings (SSSR count). The first-order chi connectivity index (χ1) is 11.6. The smallest absolute Gasteiger partial charge is 0.152 e. The van der Waals surface area contributed by atoms with Crippen LogP contribution in [0.3, 0.4) is 0 Å². The van der Waals surface area contributed by atoms with Crippen molar-refractivity contribution >= 4 is 21.5 Å². The third-order valence-corrected chi connectivity index (χ3v) is 5.88. The summed E-state index contributed by atoms with van der Waals surface area (Å²) in [4.78, 5) is 14.7. The Morgan fingerprint density at radius 1 is 1.38 bits per heavy atom. The minimum absolute atomic E-state index is 0.0129. The van der Waals surface area contributed by atoms with E-state index in [9.17, 15) is 8.42 Å². The second kappa shape index (κ2) is 7.12. The van der Waals surface area contributed by atoms with Crippen molar-refractivity contribution in [2.24, 2.45) is 0 Å². The molecule has 0 radical (unpaired) electrons. The summed E-state index contributed by atoms with van der Waals surface area (Å²) in [6.07, 6.45) is 5.70. The lowest BCUT2D eigenvalue weighted by atomic mass is 10.2. The van der Waals surface area contributed by atoms with E-state index in [-0.39, 0.29) is 17.5 Å². The molecule has 128 valence electrons. The second-order valence-corrected chi connectivity index (χ2v) is 8.05. The highest BCUT2D eigenvalue weighted by Gasteiger charge is 2.32. The fraction of sp³-hybridized carbons (Fsp3) is 0.438. The van der Waals surface area contributed by atoms with Crippen LogP contribution in [0.15, 0.2) is 36.9 Å². The Morgan fingerprint density at radius 3 is 2.92 bits per heavy atom. The van der Waals surface area contributed by atoms with Gasteiger partial charge in [-0.05, 0) is 25.0 Å². The van der Waals surface area contributed by atoms with E-state index in [0.717, 1.165) is 11.4 Å². The predicted molar refractivity (Wildman–Crippen MR) is 93.7 cm³/mol. The number of anilines is 2. The minimum Gasteiger partial charge on any atom is -0.366 e. The van der Waals surface area contributed by atoms with Crippen molar-refractivity contribution in [3.63, 3.8) is 0 Å². The largest absolute Gasteiger partial charge is 0.366 e.